The fraction of sp³-hybridized carbons (Fsp3) is 0.750. The van der Waals surface area contributed by atoms with E-state index in [0.29, 0.717) is 0 Å². The van der Waals surface area contributed by atoms with E-state index in [9.17, 15) is 9.59 Å². The first-order chi connectivity index (χ1) is 5.22. The Morgan fingerprint density at radius 3 is 2.73 bits per heavy atom. The third-order valence-corrected chi connectivity index (χ3v) is 1.56. The molecule has 0 aliphatic heterocycles. The summed E-state index contributed by atoms with van der Waals surface area (Å²) in [6.45, 7) is 4.00. The van der Waals surface area contributed by atoms with E-state index in [1.807, 2.05) is 0 Å². The zero-order valence-electron chi connectivity index (χ0n) is 7.00. The molecule has 0 bridgehead atoms. The van der Waals surface area contributed by atoms with E-state index in [1.54, 1.807) is 6.92 Å². The monoisotopic (exact) mass is 158 g/mol. The highest BCUT2D eigenvalue weighted by Gasteiger charge is 2.12. The molecule has 0 radical (unpaired) electrons. The summed E-state index contributed by atoms with van der Waals surface area (Å²) in [7, 11) is 0. The third-order valence-electron chi connectivity index (χ3n) is 1.56. The highest BCUT2D eigenvalue weighted by Crippen LogP contribution is 2.08. The van der Waals surface area contributed by atoms with E-state index in [0.717, 1.165) is 19.3 Å². The highest BCUT2D eigenvalue weighted by atomic mass is 16.6. The minimum atomic E-state index is -0.423. The Kier molecular flexibility index (Phi) is 5.43. The smallest absolute Gasteiger partial charge is 0.316 e. The lowest BCUT2D eigenvalue weighted by Gasteiger charge is -2.05. The van der Waals surface area contributed by atoms with Crippen LogP contribution in [0.25, 0.3) is 0 Å². The molecule has 0 aromatic rings. The van der Waals surface area contributed by atoms with E-state index in [4.69, 9.17) is 0 Å². The molecule has 11 heavy (non-hydrogen) atoms. The maximum atomic E-state index is 10.8. The molecule has 3 nitrogen and oxygen atoms in total. The van der Waals surface area contributed by atoms with Crippen molar-refractivity contribution in [2.24, 2.45) is 5.92 Å². The van der Waals surface area contributed by atoms with Gasteiger partial charge in [0.2, 0.25) is 0 Å². The minimum Gasteiger partial charge on any atom is -0.395 e. The van der Waals surface area contributed by atoms with Crippen molar-refractivity contribution >= 4 is 12.4 Å². The third kappa shape index (κ3) is 4.53. The molecule has 0 saturated heterocycles. The van der Waals surface area contributed by atoms with Gasteiger partial charge in [-0.25, -0.2) is 0 Å². The van der Waals surface area contributed by atoms with Gasteiger partial charge < -0.3 is 4.74 Å². The normalized spacial score (nSPS) is 12.2. The Morgan fingerprint density at radius 2 is 2.27 bits per heavy atom. The number of esters is 1. The lowest BCUT2D eigenvalue weighted by Crippen LogP contribution is -2.13. The van der Waals surface area contributed by atoms with E-state index in [2.05, 4.69) is 11.7 Å². The zero-order chi connectivity index (χ0) is 8.69. The number of hydrogen-bond acceptors (Lipinski definition) is 3. The van der Waals surface area contributed by atoms with Crippen molar-refractivity contribution in [2.75, 3.05) is 0 Å². The van der Waals surface area contributed by atoms with Gasteiger partial charge in [-0.3, -0.25) is 9.59 Å². The van der Waals surface area contributed by atoms with Gasteiger partial charge in [-0.15, -0.1) is 0 Å². The Hall–Kier alpha value is -0.860. The van der Waals surface area contributed by atoms with Gasteiger partial charge in [0.1, 0.15) is 0 Å². The van der Waals surface area contributed by atoms with Crippen molar-refractivity contribution in [3.8, 4) is 0 Å². The van der Waals surface area contributed by atoms with Gasteiger partial charge in [-0.2, -0.15) is 0 Å². The van der Waals surface area contributed by atoms with E-state index >= 15 is 0 Å². The van der Waals surface area contributed by atoms with E-state index in [-0.39, 0.29) is 12.4 Å². The van der Waals surface area contributed by atoms with Crippen molar-refractivity contribution in [3.63, 3.8) is 0 Å². The van der Waals surface area contributed by atoms with Gasteiger partial charge >= 0.3 is 12.4 Å². The molecule has 0 aromatic heterocycles. The molecule has 0 aliphatic carbocycles. The average molecular weight is 158 g/mol. The van der Waals surface area contributed by atoms with Crippen LogP contribution in [0.4, 0.5) is 0 Å². The zero-order valence-corrected chi connectivity index (χ0v) is 7.00. The summed E-state index contributed by atoms with van der Waals surface area (Å²) in [5.41, 5.74) is 0. The van der Waals surface area contributed by atoms with Gasteiger partial charge in [0.05, 0.1) is 5.92 Å². The Balaban J connectivity index is 3.54. The summed E-state index contributed by atoms with van der Waals surface area (Å²) in [4.78, 5) is 20.5. The Morgan fingerprint density at radius 1 is 1.64 bits per heavy atom. The quantitative estimate of drug-likeness (QED) is 0.346. The van der Waals surface area contributed by atoms with Crippen LogP contribution in [-0.2, 0) is 14.3 Å². The second kappa shape index (κ2) is 5.89. The SMILES string of the molecule is CCCCC(C)C(=O)OC=O. The predicted octanol–water partition coefficient (Wildman–Crippen LogP) is 1.51. The van der Waals surface area contributed by atoms with Crippen LogP contribution in [0.2, 0.25) is 0 Å². The number of rotatable bonds is 5. The summed E-state index contributed by atoms with van der Waals surface area (Å²) in [6, 6.07) is 0. The Bertz CT molecular complexity index is 131. The van der Waals surface area contributed by atoms with Crippen molar-refractivity contribution in [3.05, 3.63) is 0 Å². The number of ether oxygens (including phenoxy) is 1. The van der Waals surface area contributed by atoms with Gasteiger partial charge in [-0.1, -0.05) is 26.7 Å². The van der Waals surface area contributed by atoms with Crippen LogP contribution in [0.5, 0.6) is 0 Å². The molecule has 0 saturated carbocycles. The maximum Gasteiger partial charge on any atom is 0.316 e. The maximum absolute atomic E-state index is 10.8. The fourth-order valence-corrected chi connectivity index (χ4v) is 0.792. The molecule has 0 aliphatic rings. The highest BCUT2D eigenvalue weighted by molar-refractivity contribution is 5.78. The summed E-state index contributed by atoms with van der Waals surface area (Å²) in [5, 5.41) is 0. The molecular formula is C8H14O3. The first-order valence-electron chi connectivity index (χ1n) is 3.86. The number of unbranched alkanes of at least 4 members (excludes halogenated alkanes) is 1. The summed E-state index contributed by atoms with van der Waals surface area (Å²) < 4.78 is 4.18. The van der Waals surface area contributed by atoms with Crippen LogP contribution in [0.1, 0.15) is 33.1 Å². The van der Waals surface area contributed by atoms with E-state index < -0.39 is 5.97 Å². The van der Waals surface area contributed by atoms with Crippen LogP contribution in [0.15, 0.2) is 0 Å². The molecule has 0 spiro atoms. The van der Waals surface area contributed by atoms with E-state index in [1.165, 1.54) is 0 Å². The fourth-order valence-electron chi connectivity index (χ4n) is 0.792. The molecule has 0 fully saturated rings. The van der Waals surface area contributed by atoms with Crippen LogP contribution >= 0.6 is 0 Å². The first-order valence-corrected chi connectivity index (χ1v) is 3.86. The summed E-state index contributed by atoms with van der Waals surface area (Å²) >= 11 is 0. The van der Waals surface area contributed by atoms with Gasteiger partial charge in [0.25, 0.3) is 0 Å². The molecule has 0 aromatic carbocycles. The van der Waals surface area contributed by atoms with Gasteiger partial charge in [0.15, 0.2) is 0 Å². The lowest BCUT2D eigenvalue weighted by atomic mass is 10.1. The van der Waals surface area contributed by atoms with Gasteiger partial charge in [0, 0.05) is 0 Å². The molecule has 64 valence electrons. The summed E-state index contributed by atoms with van der Waals surface area (Å²) in [5.74, 6) is -0.575. The van der Waals surface area contributed by atoms with Crippen molar-refractivity contribution in [2.45, 2.75) is 33.1 Å². The number of hydrogen-bond donors (Lipinski definition) is 0. The molecule has 3 heteroatoms. The molecular weight excluding hydrogens is 144 g/mol. The Labute approximate surface area is 66.7 Å². The molecule has 0 N–H and O–H groups in total. The molecule has 0 amide bonds. The molecule has 0 rings (SSSR count). The van der Waals surface area contributed by atoms with Crippen LogP contribution < -0.4 is 0 Å². The standard InChI is InChI=1S/C8H14O3/c1-3-4-5-7(2)8(10)11-6-9/h6-7H,3-5H2,1-2H3. The minimum absolute atomic E-state index is 0.153. The lowest BCUT2D eigenvalue weighted by molar-refractivity contribution is -0.154. The van der Waals surface area contributed by atoms with Crippen molar-refractivity contribution in [1.82, 2.24) is 0 Å². The summed E-state index contributed by atoms with van der Waals surface area (Å²) in [6.07, 6.45) is 2.84. The van der Waals surface area contributed by atoms with Crippen LogP contribution in [0, 0.1) is 5.92 Å². The van der Waals surface area contributed by atoms with Crippen LogP contribution in [-0.4, -0.2) is 12.4 Å². The first kappa shape index (κ1) is 10.1. The van der Waals surface area contributed by atoms with Crippen LogP contribution in [0.3, 0.4) is 0 Å². The molecule has 1 unspecified atom stereocenters. The largest absolute Gasteiger partial charge is 0.395 e. The predicted molar refractivity (Wildman–Crippen MR) is 40.8 cm³/mol. The number of carbonyl (C=O) groups is 2. The number of carbonyl (C=O) groups excluding carboxylic acids is 2. The van der Waals surface area contributed by atoms with Crippen molar-refractivity contribution in [1.29, 1.82) is 0 Å². The molecule has 1 atom stereocenters. The topological polar surface area (TPSA) is 43.4 Å². The molecule has 0 heterocycles. The second-order valence-corrected chi connectivity index (χ2v) is 2.58. The average Bonchev–Trinajstić information content (AvgIpc) is 2.00. The van der Waals surface area contributed by atoms with Gasteiger partial charge in [-0.05, 0) is 6.42 Å². The second-order valence-electron chi connectivity index (χ2n) is 2.58. The van der Waals surface area contributed by atoms with Crippen molar-refractivity contribution < 1.29 is 14.3 Å².